The van der Waals surface area contributed by atoms with Gasteiger partial charge in [-0.05, 0) is 56.7 Å². The van der Waals surface area contributed by atoms with Gasteiger partial charge in [0.05, 0.1) is 33.9 Å². The lowest BCUT2D eigenvalue weighted by atomic mass is 9.94. The molecule has 4 aromatic rings. The van der Waals surface area contributed by atoms with Crippen LogP contribution in [0.1, 0.15) is 51.2 Å². The Morgan fingerprint density at radius 3 is 2.35 bits per heavy atom. The Labute approximate surface area is 234 Å². The van der Waals surface area contributed by atoms with Gasteiger partial charge in [-0.15, -0.1) is 11.3 Å². The average molecular weight is 555 g/mol. The summed E-state index contributed by atoms with van der Waals surface area (Å²) in [4.78, 5) is 46.3. The molecule has 202 valence electrons. The van der Waals surface area contributed by atoms with Crippen LogP contribution >= 0.6 is 11.3 Å². The number of amides is 1. The fraction of sp³-hybridized carbons (Fsp3) is 0.161. The highest BCUT2D eigenvalue weighted by molar-refractivity contribution is 7.17. The van der Waals surface area contributed by atoms with Crippen molar-refractivity contribution in [1.82, 2.24) is 4.98 Å². The molecule has 1 aromatic heterocycles. The molecule has 40 heavy (non-hydrogen) atoms. The number of thiazole rings is 1. The number of rotatable bonds is 7. The summed E-state index contributed by atoms with van der Waals surface area (Å²) in [5.74, 6) is -2.57. The minimum Gasteiger partial charge on any atom is -0.508 e. The number of ether oxygens (including phenoxy) is 1. The highest BCUT2D eigenvalue weighted by atomic mass is 32.1. The molecule has 2 N–H and O–H groups in total. The van der Waals surface area contributed by atoms with Gasteiger partial charge in [-0.2, -0.15) is 0 Å². The Kier molecular flexibility index (Phi) is 7.23. The molecule has 1 aliphatic rings. The van der Waals surface area contributed by atoms with E-state index in [0.29, 0.717) is 26.8 Å². The molecule has 5 rings (SSSR count). The molecule has 0 bridgehead atoms. The first-order chi connectivity index (χ1) is 19.2. The van der Waals surface area contributed by atoms with Crippen molar-refractivity contribution in [3.05, 3.63) is 112 Å². The number of hydrogen-bond acceptors (Lipinski definition) is 8. The van der Waals surface area contributed by atoms with E-state index in [1.165, 1.54) is 34.4 Å². The smallest absolute Gasteiger partial charge is 0.338 e. The van der Waals surface area contributed by atoms with Crippen molar-refractivity contribution in [2.75, 3.05) is 4.90 Å². The maximum absolute atomic E-state index is 14.0. The van der Waals surface area contributed by atoms with Gasteiger partial charge < -0.3 is 14.9 Å². The second kappa shape index (κ2) is 10.8. The normalized spacial score (nSPS) is 15.2. The van der Waals surface area contributed by atoms with Crippen LogP contribution in [0.25, 0.3) is 10.6 Å². The van der Waals surface area contributed by atoms with E-state index >= 15 is 0 Å². The number of benzene rings is 3. The Bertz CT molecular complexity index is 1640. The van der Waals surface area contributed by atoms with Crippen LogP contribution in [-0.4, -0.2) is 39.0 Å². The summed E-state index contributed by atoms with van der Waals surface area (Å²) in [7, 11) is 0. The lowest BCUT2D eigenvalue weighted by Gasteiger charge is -2.27. The molecule has 0 fully saturated rings. The van der Waals surface area contributed by atoms with Gasteiger partial charge in [0.2, 0.25) is 5.78 Å². The third kappa shape index (κ3) is 4.99. The third-order valence-electron chi connectivity index (χ3n) is 6.39. The summed E-state index contributed by atoms with van der Waals surface area (Å²) >= 11 is 1.18. The highest BCUT2D eigenvalue weighted by Gasteiger charge is 2.45. The number of aliphatic hydroxyl groups excluding tert-OH is 1. The molecule has 9 heteroatoms. The summed E-state index contributed by atoms with van der Waals surface area (Å²) in [5, 5.41) is 21.7. The van der Waals surface area contributed by atoms with Crippen LogP contribution < -0.4 is 4.90 Å². The molecular weight excluding hydrogens is 528 g/mol. The van der Waals surface area contributed by atoms with Crippen LogP contribution in [0.2, 0.25) is 0 Å². The first kappa shape index (κ1) is 26.8. The Morgan fingerprint density at radius 2 is 1.68 bits per heavy atom. The lowest BCUT2D eigenvalue weighted by Crippen LogP contribution is -2.31. The Hall–Kier alpha value is -4.76. The second-order valence-corrected chi connectivity index (χ2v) is 10.6. The van der Waals surface area contributed by atoms with Gasteiger partial charge in [0.15, 0.2) is 5.76 Å². The SMILES string of the molecule is Cc1nc(-c2ccccc2)sc1C(=O)C1=C(O)C(=O)N(c2cccc(C(=O)OC(C)C)c2)C1c1ccc(O)cc1. The second-order valence-electron chi connectivity index (χ2n) is 9.56. The van der Waals surface area contributed by atoms with Crippen LogP contribution in [0.5, 0.6) is 5.75 Å². The topological polar surface area (TPSA) is 117 Å². The zero-order chi connectivity index (χ0) is 28.6. The number of Topliss-reactive ketones (excluding diaryl/α,β-unsaturated/α-hetero) is 1. The first-order valence-corrected chi connectivity index (χ1v) is 13.4. The molecule has 8 nitrogen and oxygen atoms in total. The summed E-state index contributed by atoms with van der Waals surface area (Å²) in [6.07, 6.45) is -0.340. The third-order valence-corrected chi connectivity index (χ3v) is 7.59. The van der Waals surface area contributed by atoms with E-state index in [9.17, 15) is 24.6 Å². The van der Waals surface area contributed by atoms with Crippen LogP contribution in [0.15, 0.2) is 90.2 Å². The first-order valence-electron chi connectivity index (χ1n) is 12.6. The van der Waals surface area contributed by atoms with Crippen molar-refractivity contribution in [2.45, 2.75) is 32.9 Å². The molecule has 0 aliphatic carbocycles. The number of aromatic nitrogens is 1. The van der Waals surface area contributed by atoms with Crippen LogP contribution in [-0.2, 0) is 9.53 Å². The standard InChI is InChI=1S/C31H26N2O6S/c1-17(2)39-31(38)21-10-7-11-22(16-21)33-25(19-12-14-23(34)15-13-19)24(27(36)30(33)37)26(35)28-18(3)32-29(40-28)20-8-5-4-6-9-20/h4-17,25,34,36H,1-3H3. The Morgan fingerprint density at radius 1 is 0.975 bits per heavy atom. The van der Waals surface area contributed by atoms with Gasteiger partial charge in [-0.1, -0.05) is 48.5 Å². The fourth-order valence-electron chi connectivity index (χ4n) is 4.57. The predicted octanol–water partition coefficient (Wildman–Crippen LogP) is 6.17. The van der Waals surface area contributed by atoms with Gasteiger partial charge in [0.25, 0.3) is 5.91 Å². The molecule has 1 atom stereocenters. The number of aromatic hydroxyl groups is 1. The zero-order valence-electron chi connectivity index (χ0n) is 22.0. The minimum absolute atomic E-state index is 0.00457. The number of ketones is 1. The van der Waals surface area contributed by atoms with Crippen molar-refractivity contribution in [3.8, 4) is 16.3 Å². The maximum atomic E-state index is 14.0. The molecule has 0 spiro atoms. The molecular formula is C31H26N2O6S. The van der Waals surface area contributed by atoms with Crippen molar-refractivity contribution < 1.29 is 29.3 Å². The number of aliphatic hydroxyl groups is 1. The maximum Gasteiger partial charge on any atom is 0.338 e. The molecule has 2 heterocycles. The predicted molar refractivity (Wildman–Crippen MR) is 152 cm³/mol. The van der Waals surface area contributed by atoms with Crippen LogP contribution in [0, 0.1) is 6.92 Å². The van der Waals surface area contributed by atoms with Crippen LogP contribution in [0.3, 0.4) is 0 Å². The largest absolute Gasteiger partial charge is 0.508 e. The molecule has 1 amide bonds. The number of hydrogen-bond donors (Lipinski definition) is 2. The van der Waals surface area contributed by atoms with E-state index in [4.69, 9.17) is 4.74 Å². The number of carbonyl (C=O) groups excluding carboxylic acids is 3. The highest BCUT2D eigenvalue weighted by Crippen LogP contribution is 2.43. The number of phenols is 1. The quantitative estimate of drug-likeness (QED) is 0.207. The molecule has 0 saturated heterocycles. The van der Waals surface area contributed by atoms with Gasteiger partial charge >= 0.3 is 5.97 Å². The van der Waals surface area contributed by atoms with Crippen LogP contribution in [0.4, 0.5) is 5.69 Å². The minimum atomic E-state index is -1.03. The monoisotopic (exact) mass is 554 g/mol. The summed E-state index contributed by atoms with van der Waals surface area (Å²) in [6.45, 7) is 5.18. The lowest BCUT2D eigenvalue weighted by molar-refractivity contribution is -0.117. The number of nitrogens with zero attached hydrogens (tertiary/aromatic N) is 2. The van der Waals surface area contributed by atoms with Gasteiger partial charge in [-0.3, -0.25) is 14.5 Å². The van der Waals surface area contributed by atoms with E-state index in [0.717, 1.165) is 5.56 Å². The number of esters is 1. The molecule has 0 radical (unpaired) electrons. The number of aryl methyl sites for hydroxylation is 1. The zero-order valence-corrected chi connectivity index (χ0v) is 22.8. The molecule has 1 aliphatic heterocycles. The molecule has 0 saturated carbocycles. The number of carbonyl (C=O) groups is 3. The fourth-order valence-corrected chi connectivity index (χ4v) is 5.60. The van der Waals surface area contributed by atoms with E-state index in [-0.39, 0.29) is 23.0 Å². The summed E-state index contributed by atoms with van der Waals surface area (Å²) in [5.41, 5.74) is 2.20. The van der Waals surface area contributed by atoms with E-state index < -0.39 is 29.5 Å². The number of anilines is 1. The Balaban J connectivity index is 1.60. The molecule has 1 unspecified atom stereocenters. The van der Waals surface area contributed by atoms with Crippen molar-refractivity contribution >= 4 is 34.7 Å². The van der Waals surface area contributed by atoms with Gasteiger partial charge in [0.1, 0.15) is 10.8 Å². The van der Waals surface area contributed by atoms with Gasteiger partial charge in [0, 0.05) is 11.3 Å². The number of phenolic OH excluding ortho intramolecular Hbond substituents is 1. The van der Waals surface area contributed by atoms with Gasteiger partial charge in [-0.25, -0.2) is 9.78 Å². The molecule has 3 aromatic carbocycles. The van der Waals surface area contributed by atoms with Crippen molar-refractivity contribution in [3.63, 3.8) is 0 Å². The van der Waals surface area contributed by atoms with E-state index in [1.807, 2.05) is 30.3 Å². The van der Waals surface area contributed by atoms with E-state index in [2.05, 4.69) is 4.98 Å². The average Bonchev–Trinajstić information content (AvgIpc) is 3.46. The van der Waals surface area contributed by atoms with Crippen molar-refractivity contribution in [1.29, 1.82) is 0 Å². The van der Waals surface area contributed by atoms with Crippen molar-refractivity contribution in [2.24, 2.45) is 0 Å². The summed E-state index contributed by atoms with van der Waals surface area (Å²) < 4.78 is 5.31. The summed E-state index contributed by atoms with van der Waals surface area (Å²) in [6, 6.07) is 20.7. The van der Waals surface area contributed by atoms with E-state index in [1.54, 1.807) is 51.1 Å².